The van der Waals surface area contributed by atoms with Gasteiger partial charge in [-0.25, -0.2) is 12.7 Å². The summed E-state index contributed by atoms with van der Waals surface area (Å²) in [5.74, 6) is -0.153. The van der Waals surface area contributed by atoms with E-state index in [-0.39, 0.29) is 17.9 Å². The lowest BCUT2D eigenvalue weighted by Gasteiger charge is -2.41. The topological polar surface area (TPSA) is 82.6 Å². The van der Waals surface area contributed by atoms with Crippen molar-refractivity contribution in [2.45, 2.75) is 18.9 Å². The number of nitrogens with one attached hydrogen (secondary N) is 1. The molecule has 1 amide bonds. The Labute approximate surface area is 204 Å². The van der Waals surface area contributed by atoms with Gasteiger partial charge in [0.25, 0.3) is 0 Å². The molecule has 0 radical (unpaired) electrons. The van der Waals surface area contributed by atoms with Crippen LogP contribution < -0.4 is 5.32 Å². The van der Waals surface area contributed by atoms with Crippen molar-refractivity contribution >= 4 is 44.0 Å². The average molecular weight is 499 g/mol. The maximum absolute atomic E-state index is 12.8. The Hall–Kier alpha value is -2.68. The summed E-state index contributed by atoms with van der Waals surface area (Å²) in [4.78, 5) is 19.0. The van der Waals surface area contributed by atoms with Crippen LogP contribution >= 0.6 is 11.6 Å². The number of amides is 1. The maximum atomic E-state index is 12.8. The Balaban J connectivity index is 1.28. The van der Waals surface area contributed by atoms with E-state index in [2.05, 4.69) is 22.4 Å². The summed E-state index contributed by atoms with van der Waals surface area (Å²) in [5.41, 5.74) is 3.16. The van der Waals surface area contributed by atoms with Gasteiger partial charge in [-0.3, -0.25) is 9.78 Å². The van der Waals surface area contributed by atoms with E-state index in [0.29, 0.717) is 31.2 Å². The van der Waals surface area contributed by atoms with Gasteiger partial charge in [-0.15, -0.1) is 0 Å². The van der Waals surface area contributed by atoms with E-state index < -0.39 is 10.0 Å². The largest absolute Gasteiger partial charge is 0.382 e. The minimum atomic E-state index is -3.21. The number of halogens is 1. The average Bonchev–Trinajstić information content (AvgIpc) is 2.77. The normalized spacial score (nSPS) is 18.1. The third-order valence-electron chi connectivity index (χ3n) is 6.75. The number of hydrogen-bond acceptors (Lipinski definition) is 5. The Kier molecular flexibility index (Phi) is 6.22. The minimum Gasteiger partial charge on any atom is -0.382 e. The molecule has 0 aliphatic carbocycles. The van der Waals surface area contributed by atoms with E-state index in [0.717, 1.165) is 40.4 Å². The van der Waals surface area contributed by atoms with Crippen LogP contribution in [-0.4, -0.2) is 67.0 Å². The molecule has 0 atom stereocenters. The molecule has 0 saturated carbocycles. The molecule has 2 saturated heterocycles. The lowest BCUT2D eigenvalue weighted by molar-refractivity contribution is -0.139. The molecule has 2 aliphatic rings. The number of likely N-dealkylation sites (tertiary alicyclic amines) is 1. The highest BCUT2D eigenvalue weighted by molar-refractivity contribution is 7.88. The number of sulfonamides is 1. The van der Waals surface area contributed by atoms with Crippen LogP contribution in [0.25, 0.3) is 21.9 Å². The zero-order valence-electron chi connectivity index (χ0n) is 18.9. The highest BCUT2D eigenvalue weighted by Crippen LogP contribution is 2.33. The van der Waals surface area contributed by atoms with Crippen LogP contribution in [0.2, 0.25) is 5.02 Å². The third-order valence-corrected chi connectivity index (χ3v) is 8.22. The van der Waals surface area contributed by atoms with Crippen LogP contribution in [0.5, 0.6) is 0 Å². The number of carbonyl (C=O) groups excluding carboxylic acids is 1. The van der Waals surface area contributed by atoms with Gasteiger partial charge in [0.1, 0.15) is 0 Å². The summed E-state index contributed by atoms with van der Waals surface area (Å²) in [5, 5.41) is 6.55. The number of piperidine rings is 1. The van der Waals surface area contributed by atoms with Crippen LogP contribution in [-0.2, 0) is 14.8 Å². The molecule has 34 heavy (non-hydrogen) atoms. The van der Waals surface area contributed by atoms with Crippen LogP contribution in [0, 0.1) is 5.92 Å². The Morgan fingerprint density at radius 3 is 2.56 bits per heavy atom. The molecule has 3 aromatic rings. The molecule has 2 aromatic carbocycles. The number of aromatic nitrogens is 1. The summed E-state index contributed by atoms with van der Waals surface area (Å²) in [6.07, 6.45) is 6.52. The molecule has 1 N–H and O–H groups in total. The number of pyridine rings is 1. The Morgan fingerprint density at radius 1 is 1.09 bits per heavy atom. The Morgan fingerprint density at radius 2 is 1.85 bits per heavy atom. The lowest BCUT2D eigenvalue weighted by Crippen LogP contribution is -2.57. The van der Waals surface area contributed by atoms with Gasteiger partial charge in [0.15, 0.2) is 0 Å². The number of anilines is 1. The molecule has 178 valence electrons. The lowest BCUT2D eigenvalue weighted by atomic mass is 9.97. The zero-order chi connectivity index (χ0) is 23.9. The second kappa shape index (κ2) is 9.17. The standard InChI is InChI=1S/C25H27ClN4O3S/c1-34(32,33)30-15-20(16-30)25(31)29-9-6-22(7-10-29)28-24-13-19(17-3-2-4-21(26)12-17)11-18-5-8-27-14-23(18)24/h2-5,8,11-14,20,22,28H,6-7,9-10,15-16H2,1H3. The molecule has 0 unspecified atom stereocenters. The quantitative estimate of drug-likeness (QED) is 0.577. The minimum absolute atomic E-state index is 0.0657. The molecule has 7 nitrogen and oxygen atoms in total. The van der Waals surface area contributed by atoms with Crippen LogP contribution in [0.15, 0.2) is 54.9 Å². The molecular weight excluding hydrogens is 472 g/mol. The smallest absolute Gasteiger partial charge is 0.228 e. The van der Waals surface area contributed by atoms with Gasteiger partial charge < -0.3 is 10.2 Å². The van der Waals surface area contributed by atoms with Crippen molar-refractivity contribution < 1.29 is 13.2 Å². The van der Waals surface area contributed by atoms with E-state index >= 15 is 0 Å². The van der Waals surface area contributed by atoms with Crippen molar-refractivity contribution in [2.75, 3.05) is 37.8 Å². The van der Waals surface area contributed by atoms with Gasteiger partial charge in [-0.2, -0.15) is 0 Å². The number of rotatable bonds is 5. The number of fused-ring (bicyclic) bond motifs is 1. The van der Waals surface area contributed by atoms with Gasteiger partial charge in [0.05, 0.1) is 12.2 Å². The van der Waals surface area contributed by atoms with Crippen molar-refractivity contribution in [1.29, 1.82) is 0 Å². The van der Waals surface area contributed by atoms with E-state index in [4.69, 9.17) is 11.6 Å². The van der Waals surface area contributed by atoms with Crippen molar-refractivity contribution in [3.63, 3.8) is 0 Å². The number of carbonyl (C=O) groups is 1. The third kappa shape index (κ3) is 4.76. The van der Waals surface area contributed by atoms with E-state index in [1.54, 1.807) is 6.20 Å². The van der Waals surface area contributed by atoms with Gasteiger partial charge >= 0.3 is 0 Å². The first-order valence-electron chi connectivity index (χ1n) is 11.4. The summed E-state index contributed by atoms with van der Waals surface area (Å²) in [6.45, 7) is 1.92. The molecule has 9 heteroatoms. The maximum Gasteiger partial charge on any atom is 0.228 e. The molecule has 2 fully saturated rings. The van der Waals surface area contributed by atoms with Crippen molar-refractivity contribution in [3.8, 4) is 11.1 Å². The molecule has 0 bridgehead atoms. The first-order chi connectivity index (χ1) is 16.3. The SMILES string of the molecule is CS(=O)(=O)N1CC(C(=O)N2CCC(Nc3cc(-c4cccc(Cl)c4)cc4ccncc34)CC2)C1. The van der Waals surface area contributed by atoms with E-state index in [9.17, 15) is 13.2 Å². The van der Waals surface area contributed by atoms with Gasteiger partial charge in [0, 0.05) is 60.7 Å². The second-order valence-electron chi connectivity index (χ2n) is 9.15. The molecular formula is C25H27ClN4O3S. The van der Waals surface area contributed by atoms with Crippen molar-refractivity contribution in [3.05, 3.63) is 59.9 Å². The van der Waals surface area contributed by atoms with E-state index in [1.807, 2.05) is 41.4 Å². The predicted octanol–water partition coefficient (Wildman–Crippen LogP) is 3.85. The van der Waals surface area contributed by atoms with E-state index in [1.165, 1.54) is 10.6 Å². The molecule has 3 heterocycles. The fraction of sp³-hybridized carbons (Fsp3) is 0.360. The van der Waals surface area contributed by atoms with Crippen molar-refractivity contribution in [2.24, 2.45) is 5.92 Å². The second-order valence-corrected chi connectivity index (χ2v) is 11.6. The molecule has 2 aliphatic heterocycles. The van der Waals surface area contributed by atoms with Crippen LogP contribution in [0.1, 0.15) is 12.8 Å². The summed E-state index contributed by atoms with van der Waals surface area (Å²) in [6, 6.07) is 14.4. The Bertz CT molecular complexity index is 1330. The first-order valence-corrected chi connectivity index (χ1v) is 13.6. The predicted molar refractivity (Wildman–Crippen MR) is 135 cm³/mol. The van der Waals surface area contributed by atoms with Crippen LogP contribution in [0.4, 0.5) is 5.69 Å². The van der Waals surface area contributed by atoms with Crippen molar-refractivity contribution in [1.82, 2.24) is 14.2 Å². The molecule has 0 spiro atoms. The highest BCUT2D eigenvalue weighted by atomic mass is 35.5. The molecule has 5 rings (SSSR count). The zero-order valence-corrected chi connectivity index (χ0v) is 20.5. The highest BCUT2D eigenvalue weighted by Gasteiger charge is 2.40. The first kappa shape index (κ1) is 23.1. The fourth-order valence-electron chi connectivity index (χ4n) is 4.74. The number of benzene rings is 2. The number of hydrogen-bond donors (Lipinski definition) is 1. The van der Waals surface area contributed by atoms with Gasteiger partial charge in [-0.05, 0) is 59.7 Å². The monoisotopic (exact) mass is 498 g/mol. The number of nitrogens with zero attached hydrogens (tertiary/aromatic N) is 3. The summed E-state index contributed by atoms with van der Waals surface area (Å²) in [7, 11) is -3.21. The summed E-state index contributed by atoms with van der Waals surface area (Å²) >= 11 is 6.22. The van der Waals surface area contributed by atoms with Crippen LogP contribution in [0.3, 0.4) is 0 Å². The van der Waals surface area contributed by atoms with Gasteiger partial charge in [0.2, 0.25) is 15.9 Å². The summed E-state index contributed by atoms with van der Waals surface area (Å²) < 4.78 is 24.5. The fourth-order valence-corrected chi connectivity index (χ4v) is 5.83. The molecule has 1 aromatic heterocycles. The van der Waals surface area contributed by atoms with Gasteiger partial charge in [-0.1, -0.05) is 23.7 Å².